The van der Waals surface area contributed by atoms with Gasteiger partial charge in [0.1, 0.15) is 11.9 Å². The number of carbonyl (C=O) groups excluding carboxylic acids is 1. The highest BCUT2D eigenvalue weighted by atomic mass is 32.1. The Morgan fingerprint density at radius 2 is 2.03 bits per heavy atom. The standard InChI is InChI=1S/C27H31N7O2S/c1-17-29-20-4-2-3-5-22(20)34(17)27-30-21-12-19(37-26(21)25(31-27)23-13-28-8-11-36-23)15-32-9-10-33(24(35)16-32)14-18-6-7-18/h2-5,12,18,23,28H,6-11,13-16H2,1H3. The molecule has 1 amide bonds. The molecule has 1 saturated carbocycles. The Bertz CT molecular complexity index is 1470. The number of amides is 1. The van der Waals surface area contributed by atoms with Crippen LogP contribution in [0.2, 0.25) is 0 Å². The number of aromatic nitrogens is 4. The minimum absolute atomic E-state index is 0.132. The molecule has 10 heteroatoms. The van der Waals surface area contributed by atoms with Crippen LogP contribution in [-0.4, -0.2) is 81.1 Å². The molecule has 2 saturated heterocycles. The molecule has 0 spiro atoms. The number of nitrogens with one attached hydrogen (secondary N) is 1. The number of aryl methyl sites for hydroxylation is 1. The van der Waals surface area contributed by atoms with Crippen molar-refractivity contribution >= 4 is 38.5 Å². The van der Waals surface area contributed by atoms with E-state index in [2.05, 4.69) is 27.2 Å². The van der Waals surface area contributed by atoms with E-state index < -0.39 is 0 Å². The maximum absolute atomic E-state index is 12.7. The van der Waals surface area contributed by atoms with Crippen LogP contribution in [0.5, 0.6) is 0 Å². The molecule has 4 aromatic rings. The number of fused-ring (bicyclic) bond motifs is 2. The first-order valence-corrected chi connectivity index (χ1v) is 14.0. The van der Waals surface area contributed by atoms with Gasteiger partial charge in [0.05, 0.1) is 40.1 Å². The molecule has 1 aliphatic carbocycles. The number of ether oxygens (including phenoxy) is 1. The Morgan fingerprint density at radius 1 is 1.14 bits per heavy atom. The van der Waals surface area contributed by atoms with Crippen LogP contribution in [0, 0.1) is 12.8 Å². The maximum Gasteiger partial charge on any atom is 0.236 e. The summed E-state index contributed by atoms with van der Waals surface area (Å²) in [5, 5.41) is 3.44. The van der Waals surface area contributed by atoms with Crippen molar-refractivity contribution in [2.45, 2.75) is 32.4 Å². The van der Waals surface area contributed by atoms with Crippen LogP contribution in [0.1, 0.15) is 35.3 Å². The number of thiophene rings is 1. The molecule has 3 aromatic heterocycles. The average Bonchev–Trinajstić information content (AvgIpc) is 3.53. The third-order valence-electron chi connectivity index (χ3n) is 7.55. The zero-order valence-corrected chi connectivity index (χ0v) is 21.8. The third kappa shape index (κ3) is 4.52. The number of hydrogen-bond acceptors (Lipinski definition) is 8. The van der Waals surface area contributed by atoms with E-state index in [1.807, 2.05) is 29.7 Å². The predicted molar refractivity (Wildman–Crippen MR) is 143 cm³/mol. The zero-order valence-electron chi connectivity index (χ0n) is 21.0. The predicted octanol–water partition coefficient (Wildman–Crippen LogP) is 3.05. The highest BCUT2D eigenvalue weighted by Gasteiger charge is 2.31. The van der Waals surface area contributed by atoms with Crippen molar-refractivity contribution in [3.05, 3.63) is 46.7 Å². The van der Waals surface area contributed by atoms with Crippen molar-refractivity contribution in [2.24, 2.45) is 5.92 Å². The number of benzene rings is 1. The smallest absolute Gasteiger partial charge is 0.236 e. The van der Waals surface area contributed by atoms with Crippen molar-refractivity contribution < 1.29 is 9.53 Å². The van der Waals surface area contributed by atoms with Gasteiger partial charge < -0.3 is 15.0 Å². The second kappa shape index (κ2) is 9.43. The van der Waals surface area contributed by atoms with Crippen molar-refractivity contribution in [3.8, 4) is 5.95 Å². The van der Waals surface area contributed by atoms with E-state index in [4.69, 9.17) is 19.7 Å². The van der Waals surface area contributed by atoms with Crippen molar-refractivity contribution in [2.75, 3.05) is 45.9 Å². The fourth-order valence-electron chi connectivity index (χ4n) is 5.44. The molecule has 9 nitrogen and oxygen atoms in total. The van der Waals surface area contributed by atoms with Crippen LogP contribution in [0.25, 0.3) is 27.2 Å². The lowest BCUT2D eigenvalue weighted by atomic mass is 10.2. The lowest BCUT2D eigenvalue weighted by Crippen LogP contribution is -2.50. The minimum Gasteiger partial charge on any atom is -0.369 e. The first kappa shape index (κ1) is 23.2. The summed E-state index contributed by atoms with van der Waals surface area (Å²) >= 11 is 1.72. The molecule has 0 radical (unpaired) electrons. The molecule has 1 N–H and O–H groups in total. The van der Waals surface area contributed by atoms with Gasteiger partial charge in [0, 0.05) is 44.1 Å². The molecule has 3 fully saturated rings. The average molecular weight is 518 g/mol. The Balaban J connectivity index is 1.23. The Morgan fingerprint density at radius 3 is 2.84 bits per heavy atom. The number of hydrogen-bond donors (Lipinski definition) is 1. The number of carbonyl (C=O) groups is 1. The quantitative estimate of drug-likeness (QED) is 0.421. The summed E-state index contributed by atoms with van der Waals surface area (Å²) in [6.07, 6.45) is 2.41. The number of para-hydroxylation sites is 2. The summed E-state index contributed by atoms with van der Waals surface area (Å²) in [5.41, 5.74) is 3.76. The minimum atomic E-state index is -0.132. The normalized spacial score (nSPS) is 21.4. The van der Waals surface area contributed by atoms with Gasteiger partial charge in [-0.25, -0.2) is 15.0 Å². The fraction of sp³-hybridized carbons (Fsp3) is 0.481. The molecular formula is C27H31N7O2S. The van der Waals surface area contributed by atoms with Gasteiger partial charge in [-0.15, -0.1) is 11.3 Å². The van der Waals surface area contributed by atoms with Crippen LogP contribution in [0.15, 0.2) is 30.3 Å². The maximum atomic E-state index is 12.7. The van der Waals surface area contributed by atoms with Crippen molar-refractivity contribution in [3.63, 3.8) is 0 Å². The van der Waals surface area contributed by atoms with E-state index >= 15 is 0 Å². The van der Waals surface area contributed by atoms with Crippen LogP contribution < -0.4 is 5.32 Å². The summed E-state index contributed by atoms with van der Waals surface area (Å²) in [5.74, 6) is 2.46. The molecule has 1 unspecified atom stereocenters. The van der Waals surface area contributed by atoms with Crippen LogP contribution in [0.3, 0.4) is 0 Å². The zero-order chi connectivity index (χ0) is 24.9. The fourth-order valence-corrected chi connectivity index (χ4v) is 6.61. The van der Waals surface area contributed by atoms with Crippen LogP contribution in [0.4, 0.5) is 0 Å². The first-order valence-electron chi connectivity index (χ1n) is 13.2. The number of nitrogens with zero attached hydrogens (tertiary/aromatic N) is 6. The van der Waals surface area contributed by atoms with Gasteiger partial charge in [0.25, 0.3) is 0 Å². The molecule has 0 bridgehead atoms. The van der Waals surface area contributed by atoms with Gasteiger partial charge >= 0.3 is 0 Å². The summed E-state index contributed by atoms with van der Waals surface area (Å²) < 4.78 is 9.25. The van der Waals surface area contributed by atoms with Crippen LogP contribution >= 0.6 is 11.3 Å². The Kier molecular flexibility index (Phi) is 5.92. The Labute approximate surface area is 219 Å². The molecule has 7 rings (SSSR count). The summed E-state index contributed by atoms with van der Waals surface area (Å²) in [7, 11) is 0. The second-order valence-corrected chi connectivity index (χ2v) is 11.5. The lowest BCUT2D eigenvalue weighted by Gasteiger charge is -2.34. The van der Waals surface area contributed by atoms with Gasteiger partial charge in [-0.3, -0.25) is 14.3 Å². The topological polar surface area (TPSA) is 88.4 Å². The van der Waals surface area contributed by atoms with E-state index in [1.54, 1.807) is 11.3 Å². The number of rotatable bonds is 6. The first-order chi connectivity index (χ1) is 18.1. The lowest BCUT2D eigenvalue weighted by molar-refractivity contribution is -0.136. The van der Waals surface area contributed by atoms with E-state index in [0.29, 0.717) is 19.1 Å². The van der Waals surface area contributed by atoms with Crippen molar-refractivity contribution in [1.29, 1.82) is 0 Å². The highest BCUT2D eigenvalue weighted by molar-refractivity contribution is 7.19. The molecule has 37 heavy (non-hydrogen) atoms. The summed E-state index contributed by atoms with van der Waals surface area (Å²) in [6.45, 7) is 8.12. The van der Waals surface area contributed by atoms with Gasteiger partial charge in [0.15, 0.2) is 0 Å². The largest absolute Gasteiger partial charge is 0.369 e. The number of imidazole rings is 1. The van der Waals surface area contributed by atoms with Gasteiger partial charge in [-0.1, -0.05) is 12.1 Å². The monoisotopic (exact) mass is 517 g/mol. The number of morpholine rings is 1. The molecule has 1 atom stereocenters. The molecular weight excluding hydrogens is 486 g/mol. The van der Waals surface area contributed by atoms with Gasteiger partial charge in [-0.2, -0.15) is 0 Å². The summed E-state index contributed by atoms with van der Waals surface area (Å²) in [4.78, 5) is 33.1. The third-order valence-corrected chi connectivity index (χ3v) is 8.68. The molecule has 1 aromatic carbocycles. The van der Waals surface area contributed by atoms with E-state index in [1.165, 1.54) is 17.7 Å². The van der Waals surface area contributed by atoms with E-state index in [-0.39, 0.29) is 12.0 Å². The van der Waals surface area contributed by atoms with Gasteiger partial charge in [0.2, 0.25) is 11.9 Å². The van der Waals surface area contributed by atoms with Crippen LogP contribution in [-0.2, 0) is 16.1 Å². The molecule has 3 aliphatic rings. The Hall–Kier alpha value is -2.92. The molecule has 2 aliphatic heterocycles. The van der Waals surface area contributed by atoms with Gasteiger partial charge in [-0.05, 0) is 43.9 Å². The second-order valence-electron chi connectivity index (χ2n) is 10.4. The van der Waals surface area contributed by atoms with E-state index in [9.17, 15) is 4.79 Å². The summed E-state index contributed by atoms with van der Waals surface area (Å²) in [6, 6.07) is 10.3. The highest BCUT2D eigenvalue weighted by Crippen LogP contribution is 2.34. The molecule has 192 valence electrons. The van der Waals surface area contributed by atoms with E-state index in [0.717, 1.165) is 78.0 Å². The molecule has 5 heterocycles. The number of piperazine rings is 1. The SMILES string of the molecule is Cc1nc2ccccc2n1-c1nc(C2CNCCO2)c2sc(CN3CCN(CC4CC4)C(=O)C3)cc2n1. The van der Waals surface area contributed by atoms with Crippen molar-refractivity contribution in [1.82, 2.24) is 34.6 Å².